The van der Waals surface area contributed by atoms with Gasteiger partial charge in [-0.25, -0.2) is 4.79 Å². The zero-order valence-corrected chi connectivity index (χ0v) is 15.4. The normalized spacial score (nSPS) is 17.6. The number of rotatable bonds is 3. The monoisotopic (exact) mass is 363 g/mol. The van der Waals surface area contributed by atoms with E-state index in [1.165, 1.54) is 17.5 Å². The number of nitrogens with one attached hydrogen (secondary N) is 1. The topological polar surface area (TPSA) is 75.4 Å². The number of likely N-dealkylation sites (tertiary alicyclic amines) is 1. The number of benzene rings is 2. The van der Waals surface area contributed by atoms with Gasteiger partial charge in [-0.3, -0.25) is 4.79 Å². The highest BCUT2D eigenvalue weighted by atomic mass is 16.2. The summed E-state index contributed by atoms with van der Waals surface area (Å²) >= 11 is 0. The van der Waals surface area contributed by atoms with Crippen molar-refractivity contribution in [2.45, 2.75) is 37.6 Å². The van der Waals surface area contributed by atoms with Crippen molar-refractivity contribution in [1.82, 2.24) is 10.2 Å². The molecule has 0 unspecified atom stereocenters. The first-order valence-electron chi connectivity index (χ1n) is 9.57. The molecule has 1 aliphatic carbocycles. The van der Waals surface area contributed by atoms with Gasteiger partial charge >= 0.3 is 6.03 Å². The summed E-state index contributed by atoms with van der Waals surface area (Å²) in [4.78, 5) is 25.6. The van der Waals surface area contributed by atoms with Crippen molar-refractivity contribution in [3.63, 3.8) is 0 Å². The van der Waals surface area contributed by atoms with Crippen LogP contribution >= 0.6 is 0 Å². The summed E-state index contributed by atoms with van der Waals surface area (Å²) in [6.07, 6.45) is 4.42. The first-order chi connectivity index (χ1) is 13.1. The molecule has 140 valence electrons. The van der Waals surface area contributed by atoms with Crippen molar-refractivity contribution in [2.24, 2.45) is 5.73 Å². The highest BCUT2D eigenvalue weighted by Gasteiger charge is 2.41. The average molecular weight is 363 g/mol. The molecule has 2 aromatic carbocycles. The maximum atomic E-state index is 12.5. The van der Waals surface area contributed by atoms with Crippen molar-refractivity contribution in [2.75, 3.05) is 13.1 Å². The minimum atomic E-state index is -0.443. The molecule has 3 N–H and O–H groups in total. The third-order valence-electron chi connectivity index (χ3n) is 6.15. The molecule has 27 heavy (non-hydrogen) atoms. The van der Waals surface area contributed by atoms with Crippen LogP contribution in [0, 0.1) is 0 Å². The van der Waals surface area contributed by atoms with Crippen LogP contribution in [-0.4, -0.2) is 29.9 Å². The molecule has 3 amide bonds. The SMILES string of the molecule is NC(=O)c1ccc(CNC(=O)N2CCC3(CCc4ccccc43)CC2)cc1. The fourth-order valence-corrected chi connectivity index (χ4v) is 4.50. The quantitative estimate of drug-likeness (QED) is 0.880. The molecule has 1 aliphatic heterocycles. The van der Waals surface area contributed by atoms with Crippen LogP contribution in [0.15, 0.2) is 48.5 Å². The number of carbonyl (C=O) groups excluding carboxylic acids is 2. The molecule has 1 fully saturated rings. The van der Waals surface area contributed by atoms with Gasteiger partial charge in [0.15, 0.2) is 0 Å². The highest BCUT2D eigenvalue weighted by Crippen LogP contribution is 2.46. The van der Waals surface area contributed by atoms with Gasteiger partial charge in [-0.15, -0.1) is 0 Å². The third kappa shape index (κ3) is 3.42. The van der Waals surface area contributed by atoms with Crippen LogP contribution < -0.4 is 11.1 Å². The molecular formula is C22H25N3O2. The van der Waals surface area contributed by atoms with Gasteiger partial charge in [0.25, 0.3) is 0 Å². The van der Waals surface area contributed by atoms with E-state index in [1.807, 2.05) is 17.0 Å². The summed E-state index contributed by atoms with van der Waals surface area (Å²) in [6, 6.07) is 15.8. The number of nitrogens with zero attached hydrogens (tertiary/aromatic N) is 1. The first-order valence-corrected chi connectivity index (χ1v) is 9.57. The number of piperidine rings is 1. The average Bonchev–Trinajstić information content (AvgIpc) is 3.05. The fraction of sp³-hybridized carbons (Fsp3) is 0.364. The number of amides is 3. The van der Waals surface area contributed by atoms with E-state index in [4.69, 9.17) is 5.73 Å². The summed E-state index contributed by atoms with van der Waals surface area (Å²) in [5.74, 6) is -0.443. The molecule has 2 aromatic rings. The molecule has 0 atom stereocenters. The standard InChI is InChI=1S/C22H25N3O2/c23-20(26)18-7-5-16(6-8-18)15-24-21(27)25-13-11-22(12-14-25)10-9-17-3-1-2-4-19(17)22/h1-8H,9-15H2,(H2,23,26)(H,24,27). The Morgan fingerprint density at radius 2 is 1.70 bits per heavy atom. The molecule has 0 bridgehead atoms. The molecule has 0 saturated carbocycles. The van der Waals surface area contributed by atoms with Crippen LogP contribution in [0.4, 0.5) is 4.79 Å². The lowest BCUT2D eigenvalue weighted by Crippen LogP contribution is -2.48. The summed E-state index contributed by atoms with van der Waals surface area (Å²) < 4.78 is 0. The Balaban J connectivity index is 1.32. The molecule has 0 aromatic heterocycles. The Bertz CT molecular complexity index is 852. The van der Waals surface area contributed by atoms with Gasteiger partial charge in [0.05, 0.1) is 0 Å². The van der Waals surface area contributed by atoms with E-state index in [1.54, 1.807) is 12.1 Å². The van der Waals surface area contributed by atoms with Crippen molar-refractivity contribution < 1.29 is 9.59 Å². The van der Waals surface area contributed by atoms with Crippen LogP contribution in [0.2, 0.25) is 0 Å². The van der Waals surface area contributed by atoms with E-state index >= 15 is 0 Å². The van der Waals surface area contributed by atoms with Crippen molar-refractivity contribution in [3.8, 4) is 0 Å². The lowest BCUT2D eigenvalue weighted by molar-refractivity contribution is 0.1000. The molecule has 0 radical (unpaired) electrons. The molecule has 1 saturated heterocycles. The largest absolute Gasteiger partial charge is 0.366 e. The Morgan fingerprint density at radius 1 is 1.00 bits per heavy atom. The third-order valence-corrected chi connectivity index (χ3v) is 6.15. The maximum absolute atomic E-state index is 12.5. The van der Waals surface area contributed by atoms with E-state index in [0.717, 1.165) is 37.9 Å². The number of aryl methyl sites for hydroxylation is 1. The van der Waals surface area contributed by atoms with Crippen LogP contribution in [0.3, 0.4) is 0 Å². The van der Waals surface area contributed by atoms with Crippen molar-refractivity contribution in [3.05, 3.63) is 70.8 Å². The minimum Gasteiger partial charge on any atom is -0.366 e. The Morgan fingerprint density at radius 3 is 2.41 bits per heavy atom. The molecule has 2 aliphatic rings. The highest BCUT2D eigenvalue weighted by molar-refractivity contribution is 5.92. The summed E-state index contributed by atoms with van der Waals surface area (Å²) in [5.41, 5.74) is 9.92. The Labute approximate surface area is 159 Å². The molecule has 1 spiro atoms. The number of hydrogen-bond donors (Lipinski definition) is 2. The van der Waals surface area contributed by atoms with Gasteiger partial charge in [-0.1, -0.05) is 36.4 Å². The first kappa shape index (κ1) is 17.6. The second-order valence-corrected chi connectivity index (χ2v) is 7.64. The number of hydrogen-bond acceptors (Lipinski definition) is 2. The maximum Gasteiger partial charge on any atom is 0.317 e. The van der Waals surface area contributed by atoms with E-state index in [-0.39, 0.29) is 11.4 Å². The predicted octanol–water partition coefficient (Wildman–Crippen LogP) is 2.98. The van der Waals surface area contributed by atoms with Gasteiger partial charge < -0.3 is 16.0 Å². The van der Waals surface area contributed by atoms with Gasteiger partial charge in [0, 0.05) is 25.2 Å². The van der Waals surface area contributed by atoms with E-state index in [2.05, 4.69) is 29.6 Å². The number of nitrogens with two attached hydrogens (primary N) is 1. The van der Waals surface area contributed by atoms with E-state index in [0.29, 0.717) is 12.1 Å². The molecule has 5 heteroatoms. The lowest BCUT2D eigenvalue weighted by atomic mass is 9.74. The molecule has 4 rings (SSSR count). The van der Waals surface area contributed by atoms with Crippen LogP contribution in [0.25, 0.3) is 0 Å². The Hall–Kier alpha value is -2.82. The number of urea groups is 1. The van der Waals surface area contributed by atoms with Crippen LogP contribution in [-0.2, 0) is 18.4 Å². The summed E-state index contributed by atoms with van der Waals surface area (Å²) in [5, 5.41) is 2.99. The Kier molecular flexibility index (Phi) is 4.60. The van der Waals surface area contributed by atoms with Gasteiger partial charge in [-0.05, 0) is 59.9 Å². The zero-order valence-electron chi connectivity index (χ0n) is 15.4. The van der Waals surface area contributed by atoms with Crippen LogP contribution in [0.5, 0.6) is 0 Å². The molecular weight excluding hydrogens is 338 g/mol. The van der Waals surface area contributed by atoms with Gasteiger partial charge in [0.2, 0.25) is 5.91 Å². The van der Waals surface area contributed by atoms with E-state index in [9.17, 15) is 9.59 Å². The second-order valence-electron chi connectivity index (χ2n) is 7.64. The number of primary amides is 1. The summed E-state index contributed by atoms with van der Waals surface area (Å²) in [7, 11) is 0. The predicted molar refractivity (Wildman–Crippen MR) is 104 cm³/mol. The molecule has 5 nitrogen and oxygen atoms in total. The van der Waals surface area contributed by atoms with Gasteiger partial charge in [-0.2, -0.15) is 0 Å². The summed E-state index contributed by atoms with van der Waals surface area (Å²) in [6.45, 7) is 2.03. The number of carbonyl (C=O) groups is 2. The van der Waals surface area contributed by atoms with Gasteiger partial charge in [0.1, 0.15) is 0 Å². The van der Waals surface area contributed by atoms with Crippen molar-refractivity contribution in [1.29, 1.82) is 0 Å². The van der Waals surface area contributed by atoms with E-state index < -0.39 is 5.91 Å². The smallest absolute Gasteiger partial charge is 0.317 e. The molecule has 1 heterocycles. The van der Waals surface area contributed by atoms with Crippen LogP contribution in [0.1, 0.15) is 46.3 Å². The number of fused-ring (bicyclic) bond motifs is 2. The second kappa shape index (κ2) is 7.06. The fourth-order valence-electron chi connectivity index (χ4n) is 4.50. The van der Waals surface area contributed by atoms with Crippen molar-refractivity contribution >= 4 is 11.9 Å². The zero-order chi connectivity index (χ0) is 18.9. The lowest BCUT2D eigenvalue weighted by Gasteiger charge is -2.40. The minimum absolute atomic E-state index is 0.0184.